The van der Waals surface area contributed by atoms with Crippen LogP contribution >= 0.6 is 0 Å². The van der Waals surface area contributed by atoms with Gasteiger partial charge in [0.05, 0.1) is 6.20 Å². The highest BCUT2D eigenvalue weighted by atomic mass is 19.1. The summed E-state index contributed by atoms with van der Waals surface area (Å²) < 4.78 is 17.6. The lowest BCUT2D eigenvalue weighted by Crippen LogP contribution is -1.94. The molecule has 0 aliphatic carbocycles. The molecule has 0 radical (unpaired) electrons. The number of hydrogen-bond acceptors (Lipinski definition) is 3. The van der Waals surface area contributed by atoms with Gasteiger partial charge in [0.1, 0.15) is 11.6 Å². The Balaban J connectivity index is 2.14. The third kappa shape index (κ3) is 2.25. The van der Waals surface area contributed by atoms with Gasteiger partial charge in [-0.15, -0.1) is 0 Å². The number of carbonyl (C=O) groups is 1. The van der Waals surface area contributed by atoms with Crippen LogP contribution in [0.15, 0.2) is 34.9 Å². The first-order valence-electron chi connectivity index (χ1n) is 4.57. The van der Waals surface area contributed by atoms with Crippen molar-refractivity contribution in [1.29, 1.82) is 0 Å². The van der Waals surface area contributed by atoms with Crippen molar-refractivity contribution in [1.82, 2.24) is 4.98 Å². The zero-order valence-corrected chi connectivity index (χ0v) is 8.18. The van der Waals surface area contributed by atoms with E-state index in [1.165, 1.54) is 18.3 Å². The predicted molar refractivity (Wildman–Crippen MR) is 52.7 cm³/mol. The number of aromatic carboxylic acids is 1. The molecule has 0 aliphatic rings. The van der Waals surface area contributed by atoms with E-state index in [2.05, 4.69) is 4.98 Å². The summed E-state index contributed by atoms with van der Waals surface area (Å²) >= 11 is 0. The van der Waals surface area contributed by atoms with E-state index in [4.69, 9.17) is 9.52 Å². The average Bonchev–Trinajstić information content (AvgIpc) is 2.70. The van der Waals surface area contributed by atoms with Gasteiger partial charge in [0.2, 0.25) is 0 Å². The molecule has 5 heteroatoms. The number of hydrogen-bond donors (Lipinski definition) is 1. The summed E-state index contributed by atoms with van der Waals surface area (Å²) in [7, 11) is 0. The number of rotatable bonds is 3. The fourth-order valence-electron chi connectivity index (χ4n) is 1.29. The van der Waals surface area contributed by atoms with Gasteiger partial charge in [-0.2, -0.15) is 0 Å². The van der Waals surface area contributed by atoms with E-state index < -0.39 is 5.97 Å². The van der Waals surface area contributed by atoms with Crippen molar-refractivity contribution in [2.75, 3.05) is 0 Å². The van der Waals surface area contributed by atoms with Crippen molar-refractivity contribution in [2.45, 2.75) is 6.42 Å². The molecule has 1 N–H and O–H groups in total. The zero-order valence-electron chi connectivity index (χ0n) is 8.18. The maximum Gasteiger partial charge on any atom is 0.392 e. The van der Waals surface area contributed by atoms with Gasteiger partial charge in [0.15, 0.2) is 0 Å². The quantitative estimate of drug-likeness (QED) is 0.862. The highest BCUT2D eigenvalue weighted by Gasteiger charge is 2.11. The van der Waals surface area contributed by atoms with Crippen LogP contribution in [0.1, 0.15) is 22.0 Å². The number of carboxylic acids is 1. The van der Waals surface area contributed by atoms with Crippen LogP contribution in [-0.2, 0) is 6.42 Å². The summed E-state index contributed by atoms with van der Waals surface area (Å²) in [6.07, 6.45) is 1.74. The summed E-state index contributed by atoms with van der Waals surface area (Å²) in [5, 5.41) is 8.59. The summed E-state index contributed by atoms with van der Waals surface area (Å²) in [6.45, 7) is 0. The van der Waals surface area contributed by atoms with Crippen LogP contribution in [-0.4, -0.2) is 16.1 Å². The standard InChI is InChI=1S/C11H8FNO3/c12-8-3-1-7(2-4-8)5-9-6-13-10(16-9)11(14)15/h1-4,6H,5H2,(H,14,15). The second-order valence-electron chi connectivity index (χ2n) is 3.24. The molecule has 0 saturated carbocycles. The number of halogens is 1. The number of nitrogens with zero attached hydrogens (tertiary/aromatic N) is 1. The van der Waals surface area contributed by atoms with Gasteiger partial charge in [-0.25, -0.2) is 14.2 Å². The van der Waals surface area contributed by atoms with Gasteiger partial charge >= 0.3 is 11.9 Å². The van der Waals surface area contributed by atoms with Gasteiger partial charge in [-0.05, 0) is 17.7 Å². The highest BCUT2D eigenvalue weighted by Crippen LogP contribution is 2.11. The molecule has 2 aromatic rings. The molecule has 0 fully saturated rings. The van der Waals surface area contributed by atoms with Crippen LogP contribution in [0.4, 0.5) is 4.39 Å². The molecule has 0 saturated heterocycles. The van der Waals surface area contributed by atoms with Crippen molar-refractivity contribution in [3.8, 4) is 0 Å². The molecular weight excluding hydrogens is 213 g/mol. The van der Waals surface area contributed by atoms with Crippen LogP contribution < -0.4 is 0 Å². The summed E-state index contributed by atoms with van der Waals surface area (Å²) in [4.78, 5) is 14.1. The van der Waals surface area contributed by atoms with E-state index in [1.54, 1.807) is 12.1 Å². The minimum atomic E-state index is -1.20. The van der Waals surface area contributed by atoms with Crippen LogP contribution in [0.3, 0.4) is 0 Å². The van der Waals surface area contributed by atoms with E-state index >= 15 is 0 Å². The molecule has 0 unspecified atom stereocenters. The average molecular weight is 221 g/mol. The summed E-state index contributed by atoms with van der Waals surface area (Å²) in [6, 6.07) is 5.89. The Hall–Kier alpha value is -2.17. The highest BCUT2D eigenvalue weighted by molar-refractivity contribution is 5.81. The molecule has 4 nitrogen and oxygen atoms in total. The minimum Gasteiger partial charge on any atom is -0.474 e. The van der Waals surface area contributed by atoms with Crippen LogP contribution in [0.2, 0.25) is 0 Å². The molecule has 0 aliphatic heterocycles. The lowest BCUT2D eigenvalue weighted by atomic mass is 10.1. The Morgan fingerprint density at radius 1 is 1.38 bits per heavy atom. The van der Waals surface area contributed by atoms with Crippen molar-refractivity contribution < 1.29 is 18.7 Å². The SMILES string of the molecule is O=C(O)c1ncc(Cc2ccc(F)cc2)o1. The zero-order chi connectivity index (χ0) is 11.5. The normalized spacial score (nSPS) is 10.3. The third-order valence-corrected chi connectivity index (χ3v) is 2.03. The number of carboxylic acid groups (broad SMARTS) is 1. The van der Waals surface area contributed by atoms with Gasteiger partial charge in [0, 0.05) is 6.42 Å². The smallest absolute Gasteiger partial charge is 0.392 e. The third-order valence-electron chi connectivity index (χ3n) is 2.03. The van der Waals surface area contributed by atoms with E-state index in [0.717, 1.165) is 5.56 Å². The van der Waals surface area contributed by atoms with E-state index in [0.29, 0.717) is 12.2 Å². The fourth-order valence-corrected chi connectivity index (χ4v) is 1.29. The van der Waals surface area contributed by atoms with Crippen LogP contribution in [0.5, 0.6) is 0 Å². The lowest BCUT2D eigenvalue weighted by molar-refractivity contribution is 0.0652. The van der Waals surface area contributed by atoms with Gasteiger partial charge in [-0.1, -0.05) is 12.1 Å². The topological polar surface area (TPSA) is 63.3 Å². The van der Waals surface area contributed by atoms with Gasteiger partial charge in [0.25, 0.3) is 0 Å². The van der Waals surface area contributed by atoms with Gasteiger partial charge < -0.3 is 9.52 Å². The van der Waals surface area contributed by atoms with Crippen LogP contribution in [0, 0.1) is 5.82 Å². The molecule has 1 heterocycles. The largest absolute Gasteiger partial charge is 0.474 e. The molecular formula is C11H8FNO3. The van der Waals surface area contributed by atoms with Crippen molar-refractivity contribution in [2.24, 2.45) is 0 Å². The van der Waals surface area contributed by atoms with Gasteiger partial charge in [-0.3, -0.25) is 0 Å². The van der Waals surface area contributed by atoms with E-state index in [1.807, 2.05) is 0 Å². The molecule has 0 bridgehead atoms. The summed E-state index contributed by atoms with van der Waals surface area (Å²) in [5.41, 5.74) is 0.828. The molecule has 2 rings (SSSR count). The second-order valence-corrected chi connectivity index (χ2v) is 3.24. The minimum absolute atomic E-state index is 0.312. The Morgan fingerprint density at radius 3 is 2.62 bits per heavy atom. The van der Waals surface area contributed by atoms with E-state index in [-0.39, 0.29) is 11.7 Å². The molecule has 1 aromatic heterocycles. The first-order chi connectivity index (χ1) is 7.65. The molecule has 0 spiro atoms. The maximum atomic E-state index is 12.6. The molecule has 82 valence electrons. The Kier molecular flexibility index (Phi) is 2.68. The lowest BCUT2D eigenvalue weighted by Gasteiger charge is -1.96. The molecule has 0 amide bonds. The number of aromatic nitrogens is 1. The Bertz CT molecular complexity index is 504. The van der Waals surface area contributed by atoms with Crippen molar-refractivity contribution >= 4 is 5.97 Å². The van der Waals surface area contributed by atoms with Crippen LogP contribution in [0.25, 0.3) is 0 Å². The second kappa shape index (κ2) is 4.14. The van der Waals surface area contributed by atoms with Crippen molar-refractivity contribution in [3.05, 3.63) is 53.5 Å². The predicted octanol–water partition coefficient (Wildman–Crippen LogP) is 2.10. The Labute approximate surface area is 90.4 Å². The number of oxazole rings is 1. The molecule has 1 aromatic carbocycles. The first-order valence-corrected chi connectivity index (χ1v) is 4.57. The Morgan fingerprint density at radius 2 is 2.06 bits per heavy atom. The fraction of sp³-hybridized carbons (Fsp3) is 0.0909. The van der Waals surface area contributed by atoms with Crippen molar-refractivity contribution in [3.63, 3.8) is 0 Å². The molecule has 0 atom stereocenters. The van der Waals surface area contributed by atoms with E-state index in [9.17, 15) is 9.18 Å². The maximum absolute atomic E-state index is 12.6. The first kappa shape index (κ1) is 10.4. The number of benzene rings is 1. The summed E-state index contributed by atoms with van der Waals surface area (Å²) in [5.74, 6) is -1.42. The molecule has 16 heavy (non-hydrogen) atoms. The monoisotopic (exact) mass is 221 g/mol.